The predicted octanol–water partition coefficient (Wildman–Crippen LogP) is 3.55. The number of carbonyl (C=O) groups excluding carboxylic acids is 2. The molecule has 0 spiro atoms. The van der Waals surface area contributed by atoms with Crippen LogP contribution in [0.4, 0.5) is 5.69 Å². The van der Waals surface area contributed by atoms with Crippen LogP contribution in [0.3, 0.4) is 0 Å². The number of halogens is 1. The average Bonchev–Trinajstić information content (AvgIpc) is 2.73. The van der Waals surface area contributed by atoms with Crippen LogP contribution in [0.2, 0.25) is 0 Å². The monoisotopic (exact) mass is 332 g/mol. The van der Waals surface area contributed by atoms with Crippen molar-refractivity contribution >= 4 is 29.1 Å². The van der Waals surface area contributed by atoms with E-state index in [1.54, 1.807) is 6.07 Å². The second kappa shape index (κ2) is 6.36. The summed E-state index contributed by atoms with van der Waals surface area (Å²) in [6.45, 7) is 3.87. The Kier molecular flexibility index (Phi) is 4.44. The molecule has 0 bridgehead atoms. The Labute approximate surface area is 141 Å². The number of anilines is 1. The fourth-order valence-corrected chi connectivity index (χ4v) is 3.57. The van der Waals surface area contributed by atoms with Gasteiger partial charge in [0.25, 0.3) is 11.8 Å². The van der Waals surface area contributed by atoms with Gasteiger partial charge in [0.1, 0.15) is 10.7 Å². The Bertz CT molecular complexity index is 690. The number of hydrogen-bond acceptors (Lipinski definition) is 3. The van der Waals surface area contributed by atoms with Crippen LogP contribution in [0.1, 0.15) is 43.2 Å². The molecule has 0 aromatic heterocycles. The van der Waals surface area contributed by atoms with E-state index >= 15 is 0 Å². The fraction of sp³-hybridized carbons (Fsp3) is 0.444. The van der Waals surface area contributed by atoms with Crippen molar-refractivity contribution in [2.75, 3.05) is 4.90 Å². The first-order valence-corrected chi connectivity index (χ1v) is 8.49. The van der Waals surface area contributed by atoms with E-state index in [1.165, 1.54) is 11.3 Å². The fourth-order valence-electron chi connectivity index (χ4n) is 3.35. The molecule has 0 unspecified atom stereocenters. The summed E-state index contributed by atoms with van der Waals surface area (Å²) in [4.78, 5) is 26.4. The van der Waals surface area contributed by atoms with Gasteiger partial charge in [-0.15, -0.1) is 0 Å². The molecule has 1 saturated carbocycles. The van der Waals surface area contributed by atoms with Crippen LogP contribution in [0, 0.1) is 13.8 Å². The first-order valence-electron chi connectivity index (χ1n) is 8.11. The summed E-state index contributed by atoms with van der Waals surface area (Å²) in [6.07, 6.45) is 5.54. The molecule has 1 fully saturated rings. The molecule has 0 atom stereocenters. The summed E-state index contributed by atoms with van der Waals surface area (Å²) >= 11 is 6.18. The van der Waals surface area contributed by atoms with E-state index in [2.05, 4.69) is 5.32 Å². The summed E-state index contributed by atoms with van der Waals surface area (Å²) in [5.74, 6) is -0.792. The Morgan fingerprint density at radius 2 is 1.78 bits per heavy atom. The molecule has 0 saturated heterocycles. The number of benzene rings is 1. The van der Waals surface area contributed by atoms with Crippen molar-refractivity contribution in [3.8, 4) is 0 Å². The number of carbonyl (C=O) groups is 2. The van der Waals surface area contributed by atoms with E-state index in [9.17, 15) is 9.59 Å². The lowest BCUT2D eigenvalue weighted by molar-refractivity contribution is -0.120. The van der Waals surface area contributed by atoms with Crippen molar-refractivity contribution in [3.05, 3.63) is 40.1 Å². The molecule has 2 aliphatic rings. The molecule has 1 N–H and O–H groups in total. The molecule has 1 aliphatic carbocycles. The molecule has 0 radical (unpaired) electrons. The number of nitrogens with one attached hydrogen (secondary N) is 1. The number of imide groups is 1. The summed E-state index contributed by atoms with van der Waals surface area (Å²) in [5.41, 5.74) is 2.83. The summed E-state index contributed by atoms with van der Waals surface area (Å²) in [7, 11) is 0. The second-order valence-electron chi connectivity index (χ2n) is 6.40. The smallest absolute Gasteiger partial charge is 0.283 e. The molecule has 1 heterocycles. The van der Waals surface area contributed by atoms with E-state index in [0.29, 0.717) is 5.69 Å². The number of amides is 2. The maximum Gasteiger partial charge on any atom is 0.283 e. The zero-order chi connectivity index (χ0) is 16.6. The van der Waals surface area contributed by atoms with Crippen molar-refractivity contribution < 1.29 is 9.59 Å². The molecule has 5 heteroatoms. The molecule has 1 aromatic carbocycles. The van der Waals surface area contributed by atoms with Crippen LogP contribution in [-0.4, -0.2) is 17.9 Å². The number of aryl methyl sites for hydroxylation is 2. The first-order chi connectivity index (χ1) is 11.0. The quantitative estimate of drug-likeness (QED) is 0.861. The van der Waals surface area contributed by atoms with Gasteiger partial charge >= 0.3 is 0 Å². The third kappa shape index (κ3) is 3.00. The minimum absolute atomic E-state index is 0.000508. The van der Waals surface area contributed by atoms with Crippen molar-refractivity contribution in [2.24, 2.45) is 0 Å². The lowest BCUT2D eigenvalue weighted by Gasteiger charge is -2.24. The predicted molar refractivity (Wildman–Crippen MR) is 91.3 cm³/mol. The van der Waals surface area contributed by atoms with Crippen LogP contribution < -0.4 is 10.2 Å². The molecule has 3 rings (SSSR count). The zero-order valence-electron chi connectivity index (χ0n) is 13.5. The summed E-state index contributed by atoms with van der Waals surface area (Å²) in [5, 5.41) is 3.21. The molecule has 4 nitrogen and oxygen atoms in total. The van der Waals surface area contributed by atoms with Crippen LogP contribution >= 0.6 is 11.6 Å². The number of hydrogen-bond donors (Lipinski definition) is 1. The Morgan fingerprint density at radius 1 is 1.09 bits per heavy atom. The van der Waals surface area contributed by atoms with Crippen LogP contribution in [0.5, 0.6) is 0 Å². The minimum Gasteiger partial charge on any atom is -0.376 e. The van der Waals surface area contributed by atoms with Crippen molar-refractivity contribution in [1.29, 1.82) is 0 Å². The Hall–Kier alpha value is -1.81. The number of nitrogens with zero attached hydrogens (tertiary/aromatic N) is 1. The van der Waals surface area contributed by atoms with E-state index < -0.39 is 5.91 Å². The van der Waals surface area contributed by atoms with Gasteiger partial charge in [-0.25, -0.2) is 4.90 Å². The van der Waals surface area contributed by atoms with Gasteiger partial charge in [-0.1, -0.05) is 48.6 Å². The van der Waals surface area contributed by atoms with Crippen LogP contribution in [-0.2, 0) is 9.59 Å². The third-order valence-corrected chi connectivity index (χ3v) is 4.92. The highest BCUT2D eigenvalue weighted by molar-refractivity contribution is 6.52. The molecule has 1 aliphatic heterocycles. The van der Waals surface area contributed by atoms with Crippen molar-refractivity contribution in [3.63, 3.8) is 0 Å². The first kappa shape index (κ1) is 16.1. The average molecular weight is 333 g/mol. The molecule has 1 aromatic rings. The van der Waals surface area contributed by atoms with Crippen LogP contribution in [0.15, 0.2) is 28.9 Å². The summed E-state index contributed by atoms with van der Waals surface area (Å²) in [6, 6.07) is 5.87. The lowest BCUT2D eigenvalue weighted by Crippen LogP contribution is -2.37. The topological polar surface area (TPSA) is 49.4 Å². The molecular weight excluding hydrogens is 312 g/mol. The number of rotatable bonds is 3. The highest BCUT2D eigenvalue weighted by atomic mass is 35.5. The van der Waals surface area contributed by atoms with Crippen LogP contribution in [0.25, 0.3) is 0 Å². The van der Waals surface area contributed by atoms with Gasteiger partial charge < -0.3 is 5.32 Å². The Balaban J connectivity index is 1.86. The summed E-state index contributed by atoms with van der Waals surface area (Å²) < 4.78 is 0. The second-order valence-corrected chi connectivity index (χ2v) is 6.78. The van der Waals surface area contributed by atoms with Gasteiger partial charge in [0, 0.05) is 6.04 Å². The zero-order valence-corrected chi connectivity index (χ0v) is 14.2. The lowest BCUT2D eigenvalue weighted by atomic mass is 9.95. The van der Waals surface area contributed by atoms with Gasteiger partial charge in [0.05, 0.1) is 5.69 Å². The van der Waals surface area contributed by atoms with Gasteiger partial charge in [-0.3, -0.25) is 9.59 Å². The normalized spacial score (nSPS) is 19.7. The van der Waals surface area contributed by atoms with E-state index in [1.807, 2.05) is 26.0 Å². The SMILES string of the molecule is Cc1ccc(N2C(=O)C(Cl)=C(NC3CCCCC3)C2=O)c(C)c1. The highest BCUT2D eigenvalue weighted by Gasteiger charge is 2.40. The molecular formula is C18H21ClN2O2. The van der Waals surface area contributed by atoms with Gasteiger partial charge in [0.15, 0.2) is 0 Å². The largest absolute Gasteiger partial charge is 0.376 e. The van der Waals surface area contributed by atoms with Gasteiger partial charge in [-0.2, -0.15) is 0 Å². The van der Waals surface area contributed by atoms with E-state index in [4.69, 9.17) is 11.6 Å². The maximum atomic E-state index is 12.7. The van der Waals surface area contributed by atoms with E-state index in [-0.39, 0.29) is 22.7 Å². The molecule has 23 heavy (non-hydrogen) atoms. The minimum atomic E-state index is -0.443. The highest BCUT2D eigenvalue weighted by Crippen LogP contribution is 2.31. The molecule has 2 amide bonds. The van der Waals surface area contributed by atoms with Crippen molar-refractivity contribution in [2.45, 2.75) is 52.0 Å². The standard InChI is InChI=1S/C18H21ClN2O2/c1-11-8-9-14(12(2)10-11)21-17(22)15(19)16(18(21)23)20-13-6-4-3-5-7-13/h8-10,13,20H,3-7H2,1-2H3. The van der Waals surface area contributed by atoms with E-state index in [0.717, 1.165) is 36.8 Å². The van der Waals surface area contributed by atoms with Gasteiger partial charge in [-0.05, 0) is 38.3 Å². The molecule has 122 valence electrons. The Morgan fingerprint density at radius 3 is 2.43 bits per heavy atom. The maximum absolute atomic E-state index is 12.7. The third-order valence-electron chi connectivity index (χ3n) is 4.57. The van der Waals surface area contributed by atoms with Crippen molar-refractivity contribution in [1.82, 2.24) is 5.32 Å². The van der Waals surface area contributed by atoms with Gasteiger partial charge in [0.2, 0.25) is 0 Å².